The van der Waals surface area contributed by atoms with Crippen molar-refractivity contribution in [1.82, 2.24) is 4.90 Å². The van der Waals surface area contributed by atoms with Gasteiger partial charge in [0.25, 0.3) is 0 Å². The summed E-state index contributed by atoms with van der Waals surface area (Å²) in [5, 5.41) is 16.5. The van der Waals surface area contributed by atoms with Crippen molar-refractivity contribution in [2.24, 2.45) is 10.2 Å². The maximum atomic E-state index is 10.7. The van der Waals surface area contributed by atoms with E-state index in [-0.39, 0.29) is 6.42 Å². The van der Waals surface area contributed by atoms with Gasteiger partial charge in [0.2, 0.25) is 0 Å². The van der Waals surface area contributed by atoms with Crippen LogP contribution in [0.1, 0.15) is 12.8 Å². The topological polar surface area (TPSA) is 65.3 Å². The lowest BCUT2D eigenvalue weighted by Gasteiger charge is -2.27. The minimum absolute atomic E-state index is 0.0386. The molecule has 5 nitrogen and oxygen atoms in total. The second-order valence-corrected chi connectivity index (χ2v) is 3.39. The fourth-order valence-electron chi connectivity index (χ4n) is 1.70. The third-order valence-electron chi connectivity index (χ3n) is 2.45. The first-order valence-corrected chi connectivity index (χ1v) is 4.45. The van der Waals surface area contributed by atoms with Crippen LogP contribution in [0.25, 0.3) is 0 Å². The van der Waals surface area contributed by atoms with E-state index in [1.807, 2.05) is 11.9 Å². The minimum Gasteiger partial charge on any atom is -0.481 e. The highest BCUT2D eigenvalue weighted by Crippen LogP contribution is 2.23. The number of aliphatic carboxylic acids is 1. The Hall–Kier alpha value is -1.65. The molecular weight excluding hydrogens is 182 g/mol. The lowest BCUT2D eigenvalue weighted by atomic mass is 10.00. The highest BCUT2D eigenvalue weighted by atomic mass is 16.4. The van der Waals surface area contributed by atoms with Crippen molar-refractivity contribution in [3.63, 3.8) is 0 Å². The first-order valence-electron chi connectivity index (χ1n) is 4.45. The Morgan fingerprint density at radius 2 is 2.50 bits per heavy atom. The molecule has 0 radical (unpaired) electrons. The van der Waals surface area contributed by atoms with E-state index >= 15 is 0 Å². The lowest BCUT2D eigenvalue weighted by molar-refractivity contribution is -0.136. The molecule has 0 saturated carbocycles. The predicted molar refractivity (Wildman–Crippen MR) is 52.5 cm³/mol. The smallest absolute Gasteiger partial charge is 0.309 e. The van der Waals surface area contributed by atoms with Crippen molar-refractivity contribution in [1.29, 1.82) is 0 Å². The van der Waals surface area contributed by atoms with E-state index in [1.54, 1.807) is 6.21 Å². The molecule has 0 spiro atoms. The van der Waals surface area contributed by atoms with Crippen LogP contribution in [0.5, 0.6) is 0 Å². The van der Waals surface area contributed by atoms with Gasteiger partial charge in [-0.1, -0.05) is 0 Å². The molecule has 0 saturated heterocycles. The van der Waals surface area contributed by atoms with Crippen LogP contribution in [0.3, 0.4) is 0 Å². The maximum absolute atomic E-state index is 10.7. The van der Waals surface area contributed by atoms with Crippen LogP contribution < -0.4 is 0 Å². The highest BCUT2D eigenvalue weighted by molar-refractivity contribution is 6.19. The zero-order valence-corrected chi connectivity index (χ0v) is 7.90. The van der Waals surface area contributed by atoms with E-state index in [0.717, 1.165) is 29.9 Å². The number of nitrogens with zero attached hydrogens (tertiary/aromatic N) is 3. The summed E-state index contributed by atoms with van der Waals surface area (Å²) in [5.74, 6) is -0.819. The SMILES string of the molecule is CN1CCC2=NN=CC2=C1CC(=O)O. The van der Waals surface area contributed by atoms with E-state index in [0.29, 0.717) is 0 Å². The molecule has 0 bridgehead atoms. The van der Waals surface area contributed by atoms with Crippen LogP contribution in [0.2, 0.25) is 0 Å². The number of carbonyl (C=O) groups is 1. The van der Waals surface area contributed by atoms with Crippen LogP contribution in [0.4, 0.5) is 0 Å². The molecule has 0 aliphatic carbocycles. The van der Waals surface area contributed by atoms with Gasteiger partial charge in [0.05, 0.1) is 18.3 Å². The van der Waals surface area contributed by atoms with Crippen molar-refractivity contribution in [3.8, 4) is 0 Å². The monoisotopic (exact) mass is 193 g/mol. The number of carboxylic acid groups (broad SMARTS) is 1. The Kier molecular flexibility index (Phi) is 2.07. The number of carboxylic acids is 1. The fraction of sp³-hybridized carbons (Fsp3) is 0.444. The fourth-order valence-corrected chi connectivity index (χ4v) is 1.70. The summed E-state index contributed by atoms with van der Waals surface area (Å²) >= 11 is 0. The Labute approximate surface area is 81.4 Å². The first kappa shape index (κ1) is 8.93. The number of allylic oxidation sites excluding steroid dienone is 1. The molecule has 0 aromatic carbocycles. The van der Waals surface area contributed by atoms with Crippen molar-refractivity contribution in [2.75, 3.05) is 13.6 Å². The maximum Gasteiger partial charge on any atom is 0.309 e. The molecule has 2 heterocycles. The van der Waals surface area contributed by atoms with Crippen LogP contribution in [0, 0.1) is 0 Å². The van der Waals surface area contributed by atoms with Gasteiger partial charge in [-0.3, -0.25) is 4.79 Å². The van der Waals surface area contributed by atoms with Gasteiger partial charge in [0.1, 0.15) is 0 Å². The Bertz CT molecular complexity index is 368. The second-order valence-electron chi connectivity index (χ2n) is 3.39. The van der Waals surface area contributed by atoms with Gasteiger partial charge < -0.3 is 10.0 Å². The quantitative estimate of drug-likeness (QED) is 0.694. The van der Waals surface area contributed by atoms with E-state index in [9.17, 15) is 4.79 Å². The molecule has 0 aromatic rings. The molecule has 0 unspecified atom stereocenters. The molecule has 74 valence electrons. The third-order valence-corrected chi connectivity index (χ3v) is 2.45. The number of rotatable bonds is 2. The molecule has 2 aliphatic rings. The van der Waals surface area contributed by atoms with Gasteiger partial charge in [-0.2, -0.15) is 10.2 Å². The van der Waals surface area contributed by atoms with Gasteiger partial charge >= 0.3 is 5.97 Å². The molecule has 0 aromatic heterocycles. The predicted octanol–water partition coefficient (Wildman–Crippen LogP) is 0.491. The summed E-state index contributed by atoms with van der Waals surface area (Å²) in [5.41, 5.74) is 2.62. The Morgan fingerprint density at radius 3 is 3.21 bits per heavy atom. The average molecular weight is 193 g/mol. The van der Waals surface area contributed by atoms with E-state index in [2.05, 4.69) is 10.2 Å². The molecule has 0 amide bonds. The third kappa shape index (κ3) is 1.41. The van der Waals surface area contributed by atoms with Crippen LogP contribution >= 0.6 is 0 Å². The zero-order valence-electron chi connectivity index (χ0n) is 7.90. The first-order chi connectivity index (χ1) is 6.68. The number of hydrogen-bond donors (Lipinski definition) is 1. The summed E-state index contributed by atoms with van der Waals surface area (Å²) in [6, 6.07) is 0. The van der Waals surface area contributed by atoms with E-state index < -0.39 is 5.97 Å². The van der Waals surface area contributed by atoms with Crippen LogP contribution in [-0.4, -0.2) is 41.5 Å². The van der Waals surface area contributed by atoms with Gasteiger partial charge in [0, 0.05) is 31.3 Å². The summed E-state index contributed by atoms with van der Waals surface area (Å²) < 4.78 is 0. The van der Waals surface area contributed by atoms with E-state index in [4.69, 9.17) is 5.11 Å². The van der Waals surface area contributed by atoms with Gasteiger partial charge in [-0.25, -0.2) is 0 Å². The normalized spacial score (nSPS) is 19.8. The van der Waals surface area contributed by atoms with Crippen molar-refractivity contribution < 1.29 is 9.90 Å². The molecule has 5 heteroatoms. The van der Waals surface area contributed by atoms with Gasteiger partial charge in [0.15, 0.2) is 0 Å². The Balaban J connectivity index is 2.36. The molecular formula is C9H11N3O2. The van der Waals surface area contributed by atoms with Gasteiger partial charge in [-0.05, 0) is 0 Å². The highest BCUT2D eigenvalue weighted by Gasteiger charge is 2.25. The molecule has 0 fully saturated rings. The number of fused-ring (bicyclic) bond motifs is 1. The van der Waals surface area contributed by atoms with E-state index in [1.165, 1.54) is 0 Å². The molecule has 2 aliphatic heterocycles. The van der Waals surface area contributed by atoms with Crippen LogP contribution in [-0.2, 0) is 4.79 Å². The van der Waals surface area contributed by atoms with Gasteiger partial charge in [-0.15, -0.1) is 0 Å². The second kappa shape index (κ2) is 3.25. The zero-order chi connectivity index (χ0) is 10.1. The van der Waals surface area contributed by atoms with Crippen LogP contribution in [0.15, 0.2) is 21.5 Å². The molecule has 0 atom stereocenters. The number of hydrogen-bond acceptors (Lipinski definition) is 4. The standard InChI is InChI=1S/C9H11N3O2/c1-12-3-2-7-6(5-10-11-7)8(12)4-9(13)14/h5H,2-4H2,1H3,(H,13,14). The molecule has 1 N–H and O–H groups in total. The van der Waals surface area contributed by atoms with Crippen molar-refractivity contribution in [3.05, 3.63) is 11.3 Å². The summed E-state index contributed by atoms with van der Waals surface area (Å²) in [7, 11) is 1.90. The summed E-state index contributed by atoms with van der Waals surface area (Å²) in [6.45, 7) is 0.814. The summed E-state index contributed by atoms with van der Waals surface area (Å²) in [6.07, 6.45) is 2.52. The largest absolute Gasteiger partial charge is 0.481 e. The minimum atomic E-state index is -0.819. The Morgan fingerprint density at radius 1 is 1.71 bits per heavy atom. The van der Waals surface area contributed by atoms with Crippen molar-refractivity contribution in [2.45, 2.75) is 12.8 Å². The average Bonchev–Trinajstić information content (AvgIpc) is 2.57. The lowest BCUT2D eigenvalue weighted by Crippen LogP contribution is -2.30. The summed E-state index contributed by atoms with van der Waals surface area (Å²) in [4.78, 5) is 12.6. The molecule has 14 heavy (non-hydrogen) atoms. The van der Waals surface area contributed by atoms with Crippen molar-refractivity contribution >= 4 is 17.9 Å². The molecule has 2 rings (SSSR count).